The molecular weight excluding hydrogens is 284 g/mol. The number of aromatic nitrogens is 4. The fraction of sp³-hybridized carbons (Fsp3) is 0.200. The molecule has 2 aromatic heterocycles. The summed E-state index contributed by atoms with van der Waals surface area (Å²) in [5.41, 5.74) is 0.948. The molecule has 0 atom stereocenters. The van der Waals surface area contributed by atoms with Gasteiger partial charge in [0.15, 0.2) is 5.65 Å². The van der Waals surface area contributed by atoms with Crippen molar-refractivity contribution in [2.75, 3.05) is 6.61 Å². The van der Waals surface area contributed by atoms with E-state index in [0.29, 0.717) is 11.0 Å². The minimum Gasteiger partial charge on any atom is -0.465 e. The van der Waals surface area contributed by atoms with Gasteiger partial charge in [0.25, 0.3) is 5.56 Å². The second kappa shape index (κ2) is 5.80. The number of carbonyl (C=O) groups is 1. The van der Waals surface area contributed by atoms with Gasteiger partial charge in [0, 0.05) is 0 Å². The van der Waals surface area contributed by atoms with E-state index in [1.54, 1.807) is 11.6 Å². The summed E-state index contributed by atoms with van der Waals surface area (Å²) in [7, 11) is 0. The molecule has 0 unspecified atom stereocenters. The molecule has 3 rings (SSSR count). The number of hydrogen-bond donors (Lipinski definition) is 0. The third kappa shape index (κ3) is 2.48. The van der Waals surface area contributed by atoms with Gasteiger partial charge in [-0.15, -0.1) is 0 Å². The summed E-state index contributed by atoms with van der Waals surface area (Å²) in [6, 6.07) is 9.40. The molecule has 0 bridgehead atoms. The quantitative estimate of drug-likeness (QED) is 0.675. The lowest BCUT2D eigenvalue weighted by atomic mass is 10.3. The van der Waals surface area contributed by atoms with Gasteiger partial charge >= 0.3 is 5.97 Å². The Bertz CT molecular complexity index is 867. The van der Waals surface area contributed by atoms with Gasteiger partial charge in [0.05, 0.1) is 18.5 Å². The molecule has 0 saturated heterocycles. The highest BCUT2D eigenvalue weighted by Gasteiger charge is 2.13. The summed E-state index contributed by atoms with van der Waals surface area (Å²) in [5, 5.41) is 4.56. The first-order chi connectivity index (χ1) is 10.7. The third-order valence-electron chi connectivity index (χ3n) is 3.16. The van der Waals surface area contributed by atoms with Crippen LogP contribution in [0.2, 0.25) is 0 Å². The van der Waals surface area contributed by atoms with Gasteiger partial charge in [-0.2, -0.15) is 5.10 Å². The van der Waals surface area contributed by atoms with Crippen LogP contribution < -0.4 is 5.56 Å². The van der Waals surface area contributed by atoms with E-state index in [9.17, 15) is 9.59 Å². The van der Waals surface area contributed by atoms with E-state index >= 15 is 0 Å². The Labute approximate surface area is 125 Å². The predicted molar refractivity (Wildman–Crippen MR) is 79.8 cm³/mol. The van der Waals surface area contributed by atoms with E-state index in [-0.39, 0.29) is 18.7 Å². The average molecular weight is 298 g/mol. The van der Waals surface area contributed by atoms with E-state index < -0.39 is 5.97 Å². The van der Waals surface area contributed by atoms with Crippen molar-refractivity contribution in [2.45, 2.75) is 13.5 Å². The second-order valence-electron chi connectivity index (χ2n) is 4.61. The van der Waals surface area contributed by atoms with Gasteiger partial charge in [-0.1, -0.05) is 18.2 Å². The third-order valence-corrected chi connectivity index (χ3v) is 3.16. The highest BCUT2D eigenvalue weighted by Crippen LogP contribution is 2.12. The number of benzene rings is 1. The average Bonchev–Trinajstić information content (AvgIpc) is 2.96. The molecule has 0 aliphatic carbocycles. The maximum absolute atomic E-state index is 12.4. The molecule has 7 heteroatoms. The van der Waals surface area contributed by atoms with Gasteiger partial charge in [-0.05, 0) is 19.1 Å². The van der Waals surface area contributed by atoms with Crippen LogP contribution in [0.25, 0.3) is 16.7 Å². The lowest BCUT2D eigenvalue weighted by Crippen LogP contribution is -2.25. The highest BCUT2D eigenvalue weighted by molar-refractivity contribution is 5.75. The number of esters is 1. The van der Waals surface area contributed by atoms with Crippen molar-refractivity contribution in [2.24, 2.45) is 0 Å². The number of carbonyl (C=O) groups excluding carboxylic acids is 1. The molecule has 1 aromatic carbocycles. The molecule has 0 saturated carbocycles. The summed E-state index contributed by atoms with van der Waals surface area (Å²) in [6.07, 6.45) is 2.79. The SMILES string of the molecule is CCOC(=O)Cn1cnc2c(cnn2-c2ccccc2)c1=O. The molecule has 0 aliphatic heterocycles. The molecule has 0 spiro atoms. The molecule has 0 amide bonds. The van der Waals surface area contributed by atoms with Crippen molar-refractivity contribution in [1.29, 1.82) is 0 Å². The standard InChI is InChI=1S/C15H14N4O3/c1-2-22-13(20)9-18-10-16-14-12(15(18)21)8-17-19(14)11-6-4-3-5-7-11/h3-8,10H,2,9H2,1H3. The number of hydrogen-bond acceptors (Lipinski definition) is 5. The van der Waals surface area contributed by atoms with Crippen LogP contribution in [0.4, 0.5) is 0 Å². The Morgan fingerprint density at radius 3 is 2.77 bits per heavy atom. The van der Waals surface area contributed by atoms with E-state index in [2.05, 4.69) is 10.1 Å². The zero-order chi connectivity index (χ0) is 15.5. The number of nitrogens with zero attached hydrogens (tertiary/aromatic N) is 4. The lowest BCUT2D eigenvalue weighted by molar-refractivity contribution is -0.143. The molecule has 3 aromatic rings. The Kier molecular flexibility index (Phi) is 3.69. The number of rotatable bonds is 4. The maximum Gasteiger partial charge on any atom is 0.326 e. The van der Waals surface area contributed by atoms with Gasteiger partial charge in [0.1, 0.15) is 18.3 Å². The van der Waals surface area contributed by atoms with Crippen LogP contribution >= 0.6 is 0 Å². The molecular formula is C15H14N4O3. The van der Waals surface area contributed by atoms with Crippen LogP contribution in [0.5, 0.6) is 0 Å². The van der Waals surface area contributed by atoms with Crippen molar-refractivity contribution in [3.05, 3.63) is 53.2 Å². The van der Waals surface area contributed by atoms with Crippen molar-refractivity contribution in [3.8, 4) is 5.69 Å². The minimum atomic E-state index is -0.471. The van der Waals surface area contributed by atoms with Crippen LogP contribution in [-0.4, -0.2) is 31.9 Å². The summed E-state index contributed by atoms with van der Waals surface area (Å²) in [4.78, 5) is 28.1. The van der Waals surface area contributed by atoms with E-state index in [1.165, 1.54) is 17.1 Å². The molecule has 22 heavy (non-hydrogen) atoms. The molecule has 0 radical (unpaired) electrons. The second-order valence-corrected chi connectivity index (χ2v) is 4.61. The molecule has 0 aliphatic rings. The number of para-hydroxylation sites is 1. The first kappa shape index (κ1) is 14.0. The first-order valence-electron chi connectivity index (χ1n) is 6.85. The smallest absolute Gasteiger partial charge is 0.326 e. The van der Waals surface area contributed by atoms with Gasteiger partial charge < -0.3 is 4.74 Å². The topological polar surface area (TPSA) is 79.0 Å². The zero-order valence-corrected chi connectivity index (χ0v) is 12.0. The van der Waals surface area contributed by atoms with Crippen LogP contribution in [0.1, 0.15) is 6.92 Å². The largest absolute Gasteiger partial charge is 0.465 e. The van der Waals surface area contributed by atoms with E-state index in [0.717, 1.165) is 5.69 Å². The monoisotopic (exact) mass is 298 g/mol. The molecule has 2 heterocycles. The van der Waals surface area contributed by atoms with Crippen LogP contribution in [-0.2, 0) is 16.1 Å². The van der Waals surface area contributed by atoms with Crippen molar-refractivity contribution in [1.82, 2.24) is 19.3 Å². The highest BCUT2D eigenvalue weighted by atomic mass is 16.5. The minimum absolute atomic E-state index is 0.161. The molecule has 0 N–H and O–H groups in total. The van der Waals surface area contributed by atoms with Gasteiger partial charge in [-0.3, -0.25) is 14.2 Å². The first-order valence-corrected chi connectivity index (χ1v) is 6.85. The fourth-order valence-corrected chi connectivity index (χ4v) is 2.17. The Balaban J connectivity index is 2.04. The predicted octanol–water partition coefficient (Wildman–Crippen LogP) is 1.15. The zero-order valence-electron chi connectivity index (χ0n) is 12.0. The van der Waals surface area contributed by atoms with Crippen LogP contribution in [0.15, 0.2) is 47.7 Å². The van der Waals surface area contributed by atoms with Crippen molar-refractivity contribution < 1.29 is 9.53 Å². The Hall–Kier alpha value is -2.96. The van der Waals surface area contributed by atoms with Crippen molar-refractivity contribution in [3.63, 3.8) is 0 Å². The molecule has 0 fully saturated rings. The maximum atomic E-state index is 12.4. The summed E-state index contributed by atoms with van der Waals surface area (Å²) >= 11 is 0. The van der Waals surface area contributed by atoms with Crippen LogP contribution in [0.3, 0.4) is 0 Å². The van der Waals surface area contributed by atoms with Gasteiger partial charge in [0.2, 0.25) is 0 Å². The van der Waals surface area contributed by atoms with E-state index in [1.807, 2.05) is 30.3 Å². The van der Waals surface area contributed by atoms with Crippen LogP contribution in [0, 0.1) is 0 Å². The summed E-state index contributed by atoms with van der Waals surface area (Å²) < 4.78 is 7.65. The van der Waals surface area contributed by atoms with Crippen molar-refractivity contribution >= 4 is 17.0 Å². The molecule has 7 nitrogen and oxygen atoms in total. The Morgan fingerprint density at radius 2 is 2.05 bits per heavy atom. The number of ether oxygens (including phenoxy) is 1. The summed E-state index contributed by atoms with van der Waals surface area (Å²) in [5.74, 6) is -0.471. The molecule has 112 valence electrons. The fourth-order valence-electron chi connectivity index (χ4n) is 2.17. The summed E-state index contributed by atoms with van der Waals surface area (Å²) in [6.45, 7) is 1.83. The lowest BCUT2D eigenvalue weighted by Gasteiger charge is -2.06. The van der Waals surface area contributed by atoms with E-state index in [4.69, 9.17) is 4.74 Å². The number of fused-ring (bicyclic) bond motifs is 1. The normalized spacial score (nSPS) is 10.8. The van der Waals surface area contributed by atoms with Gasteiger partial charge in [-0.25, -0.2) is 9.67 Å². The Morgan fingerprint density at radius 1 is 1.27 bits per heavy atom.